The van der Waals surface area contributed by atoms with Gasteiger partial charge in [0, 0.05) is 31.9 Å². The summed E-state index contributed by atoms with van der Waals surface area (Å²) in [4.78, 5) is 29.0. The fourth-order valence-corrected chi connectivity index (χ4v) is 3.19. The lowest BCUT2D eigenvalue weighted by molar-refractivity contribution is -0.132. The van der Waals surface area contributed by atoms with Crippen LogP contribution >= 0.6 is 24.8 Å². The van der Waals surface area contributed by atoms with Gasteiger partial charge in [-0.2, -0.15) is 0 Å². The van der Waals surface area contributed by atoms with E-state index >= 15 is 0 Å². The van der Waals surface area contributed by atoms with E-state index in [1.54, 1.807) is 0 Å². The highest BCUT2D eigenvalue weighted by Gasteiger charge is 2.19. The second kappa shape index (κ2) is 11.9. The van der Waals surface area contributed by atoms with E-state index in [4.69, 9.17) is 5.73 Å². The summed E-state index contributed by atoms with van der Waals surface area (Å²) >= 11 is 0. The molecule has 0 radical (unpaired) electrons. The number of likely N-dealkylation sites (N-methyl/N-ethyl adjacent to an activating group) is 1. The van der Waals surface area contributed by atoms with Crippen LogP contribution in [0.3, 0.4) is 0 Å². The molecule has 2 aromatic rings. The van der Waals surface area contributed by atoms with Gasteiger partial charge >= 0.3 is 0 Å². The number of benzene rings is 2. The van der Waals surface area contributed by atoms with Gasteiger partial charge in [0.2, 0.25) is 11.8 Å². The van der Waals surface area contributed by atoms with Gasteiger partial charge in [0.15, 0.2) is 0 Å². The number of piperazine rings is 1. The van der Waals surface area contributed by atoms with Crippen molar-refractivity contribution in [1.29, 1.82) is 0 Å². The Kier molecular flexibility index (Phi) is 10.3. The lowest BCUT2D eigenvalue weighted by atomic mass is 10.1. The zero-order chi connectivity index (χ0) is 20.1. The molecule has 30 heavy (non-hydrogen) atoms. The van der Waals surface area contributed by atoms with E-state index in [9.17, 15) is 9.59 Å². The maximum absolute atomic E-state index is 12.4. The van der Waals surface area contributed by atoms with E-state index in [0.717, 1.165) is 42.9 Å². The van der Waals surface area contributed by atoms with E-state index in [2.05, 4.69) is 17.3 Å². The highest BCUT2D eigenvalue weighted by Crippen LogP contribution is 2.16. The predicted molar refractivity (Wildman–Crippen MR) is 125 cm³/mol. The standard InChI is InChI=1S/C22H28N4O2.2ClH/c1-16-3-7-18(8-4-16)21(23)22(28)24-19-9-5-17(6-10-19)15-20(27)26-13-11-25(2)12-14-26;;/h3-10,21H,11-15,23H2,1-2H3,(H,24,28);2*1H. The van der Waals surface area contributed by atoms with Crippen LogP contribution in [0.1, 0.15) is 22.7 Å². The Balaban J connectivity index is 0.00000225. The number of rotatable bonds is 5. The molecular weight excluding hydrogens is 423 g/mol. The number of amides is 2. The third-order valence-corrected chi connectivity index (χ3v) is 5.15. The Morgan fingerprint density at radius 2 is 1.53 bits per heavy atom. The monoisotopic (exact) mass is 452 g/mol. The van der Waals surface area contributed by atoms with E-state index in [1.807, 2.05) is 60.4 Å². The fraction of sp³-hybridized carbons (Fsp3) is 0.364. The highest BCUT2D eigenvalue weighted by molar-refractivity contribution is 5.95. The third-order valence-electron chi connectivity index (χ3n) is 5.15. The first-order chi connectivity index (χ1) is 13.4. The minimum Gasteiger partial charge on any atom is -0.340 e. The number of nitrogens with zero attached hydrogens (tertiary/aromatic N) is 2. The van der Waals surface area contributed by atoms with Crippen molar-refractivity contribution >= 4 is 42.3 Å². The Morgan fingerprint density at radius 1 is 0.967 bits per heavy atom. The molecule has 0 aliphatic carbocycles. The smallest absolute Gasteiger partial charge is 0.245 e. The molecule has 6 nitrogen and oxygen atoms in total. The SMILES string of the molecule is Cc1ccc(C(N)C(=O)Nc2ccc(CC(=O)N3CCN(C)CC3)cc2)cc1.Cl.Cl. The lowest BCUT2D eigenvalue weighted by Crippen LogP contribution is -2.47. The summed E-state index contributed by atoms with van der Waals surface area (Å²) in [5.74, 6) is -0.114. The molecule has 0 saturated carbocycles. The minimum atomic E-state index is -0.723. The van der Waals surface area contributed by atoms with Crippen molar-refractivity contribution in [3.8, 4) is 0 Å². The number of halogens is 2. The average molecular weight is 453 g/mol. The number of anilines is 1. The van der Waals surface area contributed by atoms with Gasteiger partial charge in [-0.25, -0.2) is 0 Å². The largest absolute Gasteiger partial charge is 0.340 e. The average Bonchev–Trinajstić information content (AvgIpc) is 2.70. The van der Waals surface area contributed by atoms with Crippen LogP contribution < -0.4 is 11.1 Å². The Bertz CT molecular complexity index is 820. The first-order valence-corrected chi connectivity index (χ1v) is 9.60. The quantitative estimate of drug-likeness (QED) is 0.730. The second-order valence-corrected chi connectivity index (χ2v) is 7.44. The van der Waals surface area contributed by atoms with E-state index in [1.165, 1.54) is 0 Å². The maximum Gasteiger partial charge on any atom is 0.245 e. The molecule has 1 heterocycles. The predicted octanol–water partition coefficient (Wildman–Crippen LogP) is 2.79. The Morgan fingerprint density at radius 3 is 2.10 bits per heavy atom. The lowest BCUT2D eigenvalue weighted by Gasteiger charge is -2.32. The van der Waals surface area contributed by atoms with Gasteiger partial charge in [-0.15, -0.1) is 24.8 Å². The van der Waals surface area contributed by atoms with Gasteiger partial charge in [0.05, 0.1) is 6.42 Å². The van der Waals surface area contributed by atoms with E-state index in [-0.39, 0.29) is 36.6 Å². The van der Waals surface area contributed by atoms with Gasteiger partial charge in [-0.3, -0.25) is 9.59 Å². The Hall–Kier alpha value is -2.12. The summed E-state index contributed by atoms with van der Waals surface area (Å²) < 4.78 is 0. The molecule has 1 aliphatic heterocycles. The van der Waals surface area contributed by atoms with Gasteiger partial charge in [-0.1, -0.05) is 42.0 Å². The van der Waals surface area contributed by atoms with Crippen LogP contribution in [0.4, 0.5) is 5.69 Å². The molecule has 3 rings (SSSR count). The van der Waals surface area contributed by atoms with Gasteiger partial charge < -0.3 is 20.9 Å². The zero-order valence-electron chi connectivity index (χ0n) is 17.3. The van der Waals surface area contributed by atoms with Gasteiger partial charge in [-0.05, 0) is 37.2 Å². The molecule has 1 unspecified atom stereocenters. The number of carbonyl (C=O) groups excluding carboxylic acids is 2. The first kappa shape index (κ1) is 25.9. The topological polar surface area (TPSA) is 78.7 Å². The molecule has 2 aromatic carbocycles. The summed E-state index contributed by atoms with van der Waals surface area (Å²) in [5.41, 5.74) is 9.56. The number of hydrogen-bond donors (Lipinski definition) is 2. The zero-order valence-corrected chi connectivity index (χ0v) is 19.0. The Labute approximate surface area is 190 Å². The van der Waals surface area contributed by atoms with Crippen LogP contribution in [-0.2, 0) is 16.0 Å². The van der Waals surface area contributed by atoms with Crippen molar-refractivity contribution in [3.63, 3.8) is 0 Å². The molecule has 1 fully saturated rings. The van der Waals surface area contributed by atoms with Gasteiger partial charge in [0.25, 0.3) is 0 Å². The summed E-state index contributed by atoms with van der Waals surface area (Å²) in [6, 6.07) is 14.3. The molecule has 1 aliphatic rings. The van der Waals surface area contributed by atoms with Crippen molar-refractivity contribution in [1.82, 2.24) is 9.80 Å². The molecule has 164 valence electrons. The van der Waals surface area contributed by atoms with Crippen molar-refractivity contribution in [2.45, 2.75) is 19.4 Å². The van der Waals surface area contributed by atoms with E-state index < -0.39 is 6.04 Å². The summed E-state index contributed by atoms with van der Waals surface area (Å²) in [6.45, 7) is 5.38. The summed E-state index contributed by atoms with van der Waals surface area (Å²) in [5, 5.41) is 2.84. The summed E-state index contributed by atoms with van der Waals surface area (Å²) in [6.07, 6.45) is 0.376. The normalized spacial score (nSPS) is 14.8. The molecule has 2 amide bonds. The number of aryl methyl sites for hydroxylation is 1. The highest BCUT2D eigenvalue weighted by atomic mass is 35.5. The fourth-order valence-electron chi connectivity index (χ4n) is 3.19. The molecule has 1 saturated heterocycles. The number of nitrogens with two attached hydrogens (primary N) is 1. The first-order valence-electron chi connectivity index (χ1n) is 9.60. The molecule has 3 N–H and O–H groups in total. The molecule has 1 atom stereocenters. The maximum atomic E-state index is 12.4. The molecular formula is C22H30Cl2N4O2. The minimum absolute atomic E-state index is 0. The van der Waals surface area contributed by atoms with Crippen molar-refractivity contribution < 1.29 is 9.59 Å². The van der Waals surface area contributed by atoms with Gasteiger partial charge in [0.1, 0.15) is 6.04 Å². The van der Waals surface area contributed by atoms with Crippen LogP contribution in [0.2, 0.25) is 0 Å². The molecule has 0 aromatic heterocycles. The van der Waals surface area contributed by atoms with Crippen LogP contribution in [0, 0.1) is 6.92 Å². The van der Waals surface area contributed by atoms with Crippen LogP contribution in [0.25, 0.3) is 0 Å². The molecule has 8 heteroatoms. The molecule has 0 bridgehead atoms. The number of nitrogens with one attached hydrogen (secondary N) is 1. The number of hydrogen-bond acceptors (Lipinski definition) is 4. The van der Waals surface area contributed by atoms with Crippen molar-refractivity contribution in [2.24, 2.45) is 5.73 Å². The van der Waals surface area contributed by atoms with Crippen LogP contribution in [0.15, 0.2) is 48.5 Å². The summed E-state index contributed by atoms with van der Waals surface area (Å²) in [7, 11) is 2.07. The molecule has 0 spiro atoms. The van der Waals surface area contributed by atoms with Crippen LogP contribution in [-0.4, -0.2) is 54.8 Å². The third kappa shape index (κ3) is 6.99. The number of carbonyl (C=O) groups is 2. The van der Waals surface area contributed by atoms with E-state index in [0.29, 0.717) is 12.1 Å². The van der Waals surface area contributed by atoms with Crippen molar-refractivity contribution in [3.05, 3.63) is 65.2 Å². The van der Waals surface area contributed by atoms with Crippen LogP contribution in [0.5, 0.6) is 0 Å². The second-order valence-electron chi connectivity index (χ2n) is 7.44. The van der Waals surface area contributed by atoms with Crippen molar-refractivity contribution in [2.75, 3.05) is 38.5 Å².